The first-order chi connectivity index (χ1) is 9.08. The second-order valence-electron chi connectivity index (χ2n) is 4.83. The van der Waals surface area contributed by atoms with Gasteiger partial charge in [-0.2, -0.15) is 0 Å². The Morgan fingerprint density at radius 1 is 1.47 bits per heavy atom. The van der Waals surface area contributed by atoms with Crippen LogP contribution < -0.4 is 0 Å². The Morgan fingerprint density at radius 2 is 2.26 bits per heavy atom. The van der Waals surface area contributed by atoms with E-state index in [9.17, 15) is 14.7 Å². The average Bonchev–Trinajstić information content (AvgIpc) is 2.65. The molecule has 0 bridgehead atoms. The topological polar surface area (TPSA) is 70.5 Å². The number of aromatic nitrogens is 1. The normalized spacial score (nSPS) is 20.1. The highest BCUT2D eigenvalue weighted by atomic mass is 32.1. The van der Waals surface area contributed by atoms with Crippen molar-refractivity contribution in [2.24, 2.45) is 0 Å². The number of likely N-dealkylation sites (tertiary alicyclic amines) is 1. The van der Waals surface area contributed by atoms with Crippen LogP contribution in [0.25, 0.3) is 0 Å². The Kier molecular flexibility index (Phi) is 4.52. The molecule has 1 fully saturated rings. The maximum atomic E-state index is 12.3. The Hall–Kier alpha value is -1.43. The van der Waals surface area contributed by atoms with E-state index >= 15 is 0 Å². The van der Waals surface area contributed by atoms with Crippen molar-refractivity contribution in [2.75, 3.05) is 6.54 Å². The predicted molar refractivity (Wildman–Crippen MR) is 72.2 cm³/mol. The third-order valence-electron chi connectivity index (χ3n) is 3.36. The number of nitrogens with zero attached hydrogens (tertiary/aromatic N) is 2. The molecule has 0 radical (unpaired) electrons. The van der Waals surface area contributed by atoms with E-state index < -0.39 is 12.0 Å². The molecule has 6 heteroatoms. The molecule has 0 aromatic carbocycles. The number of rotatable bonds is 3. The number of hydrogen-bond acceptors (Lipinski definition) is 4. The predicted octanol–water partition coefficient (Wildman–Crippen LogP) is 1.85. The highest BCUT2D eigenvalue weighted by Gasteiger charge is 2.30. The highest BCUT2D eigenvalue weighted by molar-refractivity contribution is 7.09. The monoisotopic (exact) mass is 282 g/mol. The van der Waals surface area contributed by atoms with E-state index in [1.54, 1.807) is 0 Å². The molecule has 5 nitrogen and oxygen atoms in total. The minimum absolute atomic E-state index is 0.125. The molecule has 1 N–H and O–H groups in total. The van der Waals surface area contributed by atoms with Crippen LogP contribution in [0.4, 0.5) is 0 Å². The fourth-order valence-electron chi connectivity index (χ4n) is 2.41. The molecular weight excluding hydrogens is 264 g/mol. The fourth-order valence-corrected chi connectivity index (χ4v) is 3.02. The number of carboxylic acid groups (broad SMARTS) is 1. The van der Waals surface area contributed by atoms with Crippen molar-refractivity contribution in [1.29, 1.82) is 0 Å². The molecule has 1 aromatic rings. The van der Waals surface area contributed by atoms with Crippen molar-refractivity contribution in [3.8, 4) is 0 Å². The summed E-state index contributed by atoms with van der Waals surface area (Å²) in [5.74, 6) is -1.02. The van der Waals surface area contributed by atoms with Gasteiger partial charge < -0.3 is 10.0 Å². The third-order valence-corrected chi connectivity index (χ3v) is 4.18. The largest absolute Gasteiger partial charge is 0.480 e. The Bertz CT molecular complexity index is 472. The molecule has 1 unspecified atom stereocenters. The summed E-state index contributed by atoms with van der Waals surface area (Å²) in [7, 11) is 0. The molecule has 1 aliphatic rings. The zero-order chi connectivity index (χ0) is 13.8. The quantitative estimate of drug-likeness (QED) is 0.918. The summed E-state index contributed by atoms with van der Waals surface area (Å²) in [5, 5.41) is 12.0. The summed E-state index contributed by atoms with van der Waals surface area (Å²) < 4.78 is 0. The van der Waals surface area contributed by atoms with Crippen LogP contribution in [0.2, 0.25) is 0 Å². The van der Waals surface area contributed by atoms with Gasteiger partial charge in [0.2, 0.25) is 5.91 Å². The first-order valence-electron chi connectivity index (χ1n) is 6.51. The third kappa shape index (κ3) is 3.53. The summed E-state index contributed by atoms with van der Waals surface area (Å²) in [6.07, 6.45) is 3.50. The number of carbonyl (C=O) groups excluding carboxylic acids is 1. The maximum absolute atomic E-state index is 12.3. The van der Waals surface area contributed by atoms with Crippen LogP contribution in [0.3, 0.4) is 0 Å². The van der Waals surface area contributed by atoms with Gasteiger partial charge >= 0.3 is 5.97 Å². The lowest BCUT2D eigenvalue weighted by Crippen LogP contribution is -2.45. The maximum Gasteiger partial charge on any atom is 0.326 e. The van der Waals surface area contributed by atoms with E-state index in [0.717, 1.165) is 30.0 Å². The van der Waals surface area contributed by atoms with Gasteiger partial charge in [-0.3, -0.25) is 4.79 Å². The van der Waals surface area contributed by atoms with Crippen LogP contribution in [0.5, 0.6) is 0 Å². The Labute approximate surface area is 116 Å². The Balaban J connectivity index is 2.08. The molecule has 2 heterocycles. The van der Waals surface area contributed by atoms with Crippen molar-refractivity contribution in [1.82, 2.24) is 9.88 Å². The van der Waals surface area contributed by atoms with Crippen LogP contribution in [-0.4, -0.2) is 39.5 Å². The van der Waals surface area contributed by atoms with E-state index in [1.807, 2.05) is 12.3 Å². The second kappa shape index (κ2) is 6.14. The molecule has 104 valence electrons. The van der Waals surface area contributed by atoms with Crippen LogP contribution in [-0.2, 0) is 16.0 Å². The number of thiazole rings is 1. The average molecular weight is 282 g/mol. The lowest BCUT2D eigenvalue weighted by Gasteiger charge is -2.26. The van der Waals surface area contributed by atoms with Crippen molar-refractivity contribution in [2.45, 2.75) is 45.1 Å². The van der Waals surface area contributed by atoms with E-state index in [0.29, 0.717) is 13.0 Å². The van der Waals surface area contributed by atoms with Crippen molar-refractivity contribution in [3.63, 3.8) is 0 Å². The SMILES string of the molecule is Cc1nc(CC(=O)N2CCCCCC2C(=O)O)cs1. The van der Waals surface area contributed by atoms with Crippen molar-refractivity contribution < 1.29 is 14.7 Å². The number of aliphatic carboxylic acids is 1. The molecule has 0 spiro atoms. The molecule has 0 aliphatic carbocycles. The molecular formula is C13H18N2O3S. The second-order valence-corrected chi connectivity index (χ2v) is 5.89. The van der Waals surface area contributed by atoms with Crippen LogP contribution in [0, 0.1) is 6.92 Å². The van der Waals surface area contributed by atoms with Gasteiger partial charge in [0, 0.05) is 11.9 Å². The minimum Gasteiger partial charge on any atom is -0.480 e. The lowest BCUT2D eigenvalue weighted by atomic mass is 10.1. The van der Waals surface area contributed by atoms with E-state index in [4.69, 9.17) is 0 Å². The summed E-state index contributed by atoms with van der Waals surface area (Å²) in [5.41, 5.74) is 0.737. The standard InChI is InChI=1S/C13H18N2O3S/c1-9-14-10(8-19-9)7-12(16)15-6-4-2-3-5-11(15)13(17)18/h8,11H,2-7H2,1H3,(H,17,18). The summed E-state index contributed by atoms with van der Waals surface area (Å²) in [6, 6.07) is -0.672. The number of carboxylic acids is 1. The number of aryl methyl sites for hydroxylation is 1. The van der Waals surface area contributed by atoms with Gasteiger partial charge in [-0.05, 0) is 19.8 Å². The molecule has 19 heavy (non-hydrogen) atoms. The molecule has 1 aliphatic heterocycles. The highest BCUT2D eigenvalue weighted by Crippen LogP contribution is 2.19. The summed E-state index contributed by atoms with van der Waals surface area (Å²) in [6.45, 7) is 2.43. The van der Waals surface area contributed by atoms with Gasteiger partial charge in [0.05, 0.1) is 17.1 Å². The first-order valence-corrected chi connectivity index (χ1v) is 7.39. The van der Waals surface area contributed by atoms with Gasteiger partial charge in [-0.15, -0.1) is 11.3 Å². The van der Waals surface area contributed by atoms with Gasteiger partial charge in [0.25, 0.3) is 0 Å². The first kappa shape index (κ1) is 14.0. The number of amides is 1. The molecule has 1 aromatic heterocycles. The van der Waals surface area contributed by atoms with Gasteiger partial charge in [-0.25, -0.2) is 9.78 Å². The molecule has 1 saturated heterocycles. The van der Waals surface area contributed by atoms with Crippen molar-refractivity contribution >= 4 is 23.2 Å². The van der Waals surface area contributed by atoms with Crippen LogP contribution in [0.1, 0.15) is 36.4 Å². The zero-order valence-electron chi connectivity index (χ0n) is 11.0. The molecule has 1 amide bonds. The zero-order valence-corrected chi connectivity index (χ0v) is 11.8. The van der Waals surface area contributed by atoms with Crippen LogP contribution >= 0.6 is 11.3 Å². The van der Waals surface area contributed by atoms with E-state index in [-0.39, 0.29) is 12.3 Å². The molecule has 0 saturated carbocycles. The summed E-state index contributed by atoms with van der Waals surface area (Å²) >= 11 is 1.51. The van der Waals surface area contributed by atoms with E-state index in [1.165, 1.54) is 16.2 Å². The van der Waals surface area contributed by atoms with Gasteiger partial charge in [0.15, 0.2) is 0 Å². The van der Waals surface area contributed by atoms with Gasteiger partial charge in [0.1, 0.15) is 6.04 Å². The molecule has 2 rings (SSSR count). The van der Waals surface area contributed by atoms with Gasteiger partial charge in [-0.1, -0.05) is 12.8 Å². The lowest BCUT2D eigenvalue weighted by molar-refractivity contribution is -0.150. The number of hydrogen-bond donors (Lipinski definition) is 1. The summed E-state index contributed by atoms with van der Waals surface area (Å²) in [4.78, 5) is 29.3. The van der Waals surface area contributed by atoms with E-state index in [2.05, 4.69) is 4.98 Å². The Morgan fingerprint density at radius 3 is 2.89 bits per heavy atom. The van der Waals surface area contributed by atoms with Crippen molar-refractivity contribution in [3.05, 3.63) is 16.1 Å². The fraction of sp³-hybridized carbons (Fsp3) is 0.615. The van der Waals surface area contributed by atoms with Crippen LogP contribution in [0.15, 0.2) is 5.38 Å². The smallest absolute Gasteiger partial charge is 0.326 e. The minimum atomic E-state index is -0.898. The number of carbonyl (C=O) groups is 2. The molecule has 1 atom stereocenters.